The molecule has 1 fully saturated rings. The van der Waals surface area contributed by atoms with Crippen molar-refractivity contribution >= 4 is 23.4 Å². The topological polar surface area (TPSA) is 33.4 Å². The third-order valence-electron chi connectivity index (χ3n) is 2.49. The maximum Gasteiger partial charge on any atom is 0.193 e. The van der Waals surface area contributed by atoms with Gasteiger partial charge >= 0.3 is 0 Å². The molecule has 0 saturated heterocycles. The lowest BCUT2D eigenvalue weighted by Crippen LogP contribution is -2.15. The molecule has 2 rings (SSSR count). The molecule has 1 N–H and O–H groups in total. The van der Waals surface area contributed by atoms with Gasteiger partial charge in [-0.2, -0.15) is 0 Å². The molecule has 4 heteroatoms. The molecule has 1 saturated carbocycles. The molecule has 1 aromatic heterocycles. The highest BCUT2D eigenvalue weighted by atomic mass is 35.5. The van der Waals surface area contributed by atoms with Crippen LogP contribution in [-0.4, -0.2) is 16.5 Å². The molecule has 1 heterocycles. The summed E-state index contributed by atoms with van der Waals surface area (Å²) < 4.78 is 5.24. The van der Waals surface area contributed by atoms with Crippen LogP contribution in [0, 0.1) is 0 Å². The highest BCUT2D eigenvalue weighted by molar-refractivity contribution is 7.99. The second-order valence-corrected chi connectivity index (χ2v) is 5.15. The van der Waals surface area contributed by atoms with Crippen molar-refractivity contribution in [3.63, 3.8) is 0 Å². The molecule has 1 aliphatic carbocycles. The average molecular weight is 233 g/mol. The summed E-state index contributed by atoms with van der Waals surface area (Å²) >= 11 is 7.42. The molecule has 1 aliphatic rings. The second-order valence-electron chi connectivity index (χ2n) is 3.55. The van der Waals surface area contributed by atoms with Crippen molar-refractivity contribution in [3.05, 3.63) is 23.1 Å². The fraction of sp³-hybridized carbons (Fsp3) is 0.600. The Morgan fingerprint density at radius 1 is 1.50 bits per heavy atom. The van der Waals surface area contributed by atoms with Gasteiger partial charge < -0.3 is 9.52 Å². The lowest BCUT2D eigenvalue weighted by molar-refractivity contribution is 0.188. The molecule has 0 bridgehead atoms. The van der Waals surface area contributed by atoms with E-state index in [0.717, 1.165) is 30.8 Å². The fourth-order valence-corrected chi connectivity index (χ4v) is 3.11. The van der Waals surface area contributed by atoms with E-state index in [0.29, 0.717) is 10.5 Å². The van der Waals surface area contributed by atoms with Gasteiger partial charge in [0.15, 0.2) is 5.22 Å². The van der Waals surface area contributed by atoms with Crippen LogP contribution in [0.15, 0.2) is 16.5 Å². The van der Waals surface area contributed by atoms with E-state index in [9.17, 15) is 5.11 Å². The number of aliphatic hydroxyl groups is 1. The number of furan rings is 1. The largest absolute Gasteiger partial charge is 0.449 e. The van der Waals surface area contributed by atoms with Gasteiger partial charge in [-0.1, -0.05) is 0 Å². The van der Waals surface area contributed by atoms with Crippen molar-refractivity contribution in [1.29, 1.82) is 0 Å². The molecule has 14 heavy (non-hydrogen) atoms. The monoisotopic (exact) mass is 232 g/mol. The van der Waals surface area contributed by atoms with Gasteiger partial charge in [0.05, 0.1) is 11.9 Å². The van der Waals surface area contributed by atoms with Crippen LogP contribution in [0.25, 0.3) is 0 Å². The second kappa shape index (κ2) is 4.60. The molecular formula is C10H13ClO2S. The van der Waals surface area contributed by atoms with Crippen LogP contribution in [0.5, 0.6) is 0 Å². The van der Waals surface area contributed by atoms with Gasteiger partial charge in [-0.05, 0) is 43.0 Å². The van der Waals surface area contributed by atoms with Gasteiger partial charge in [-0.15, -0.1) is 11.8 Å². The zero-order valence-corrected chi connectivity index (χ0v) is 9.35. The average Bonchev–Trinajstić information content (AvgIpc) is 2.72. The van der Waals surface area contributed by atoms with Crippen LogP contribution in [-0.2, 0) is 5.75 Å². The minimum Gasteiger partial charge on any atom is -0.449 e. The van der Waals surface area contributed by atoms with Crippen LogP contribution in [0.4, 0.5) is 0 Å². The van der Waals surface area contributed by atoms with Gasteiger partial charge in [0, 0.05) is 5.25 Å². The van der Waals surface area contributed by atoms with Crippen molar-refractivity contribution in [2.75, 3.05) is 0 Å². The standard InChI is InChI=1S/C10H13ClO2S/c11-10-5-4-7(13-10)6-14-9-3-1-2-8(9)12/h4-5,8-9,12H,1-3,6H2/t8-,9-/m1/s1. The molecule has 0 amide bonds. The zero-order valence-electron chi connectivity index (χ0n) is 7.78. The first kappa shape index (κ1) is 10.4. The zero-order chi connectivity index (χ0) is 9.97. The third-order valence-corrected chi connectivity index (χ3v) is 4.12. The van der Waals surface area contributed by atoms with Crippen LogP contribution < -0.4 is 0 Å². The van der Waals surface area contributed by atoms with Gasteiger partial charge in [-0.3, -0.25) is 0 Å². The smallest absolute Gasteiger partial charge is 0.193 e. The molecule has 78 valence electrons. The van der Waals surface area contributed by atoms with E-state index in [1.807, 2.05) is 6.07 Å². The van der Waals surface area contributed by atoms with E-state index in [-0.39, 0.29) is 6.10 Å². The summed E-state index contributed by atoms with van der Waals surface area (Å²) in [6.07, 6.45) is 3.06. The van der Waals surface area contributed by atoms with Crippen molar-refractivity contribution in [1.82, 2.24) is 0 Å². The molecule has 2 atom stereocenters. The molecular weight excluding hydrogens is 220 g/mol. The van der Waals surface area contributed by atoms with Crippen molar-refractivity contribution < 1.29 is 9.52 Å². The highest BCUT2D eigenvalue weighted by Crippen LogP contribution is 2.32. The minimum atomic E-state index is -0.134. The first-order valence-corrected chi connectivity index (χ1v) is 6.22. The summed E-state index contributed by atoms with van der Waals surface area (Å²) in [4.78, 5) is 0. The molecule has 1 aromatic rings. The number of aliphatic hydroxyl groups excluding tert-OH is 1. The normalized spacial score (nSPS) is 27.0. The number of thioether (sulfide) groups is 1. The van der Waals surface area contributed by atoms with E-state index >= 15 is 0 Å². The number of hydrogen-bond donors (Lipinski definition) is 1. The van der Waals surface area contributed by atoms with Crippen molar-refractivity contribution in [3.8, 4) is 0 Å². The summed E-state index contributed by atoms with van der Waals surface area (Å²) in [5.41, 5.74) is 0. The summed E-state index contributed by atoms with van der Waals surface area (Å²) in [6, 6.07) is 3.64. The Balaban J connectivity index is 1.82. The van der Waals surface area contributed by atoms with Crippen LogP contribution in [0.3, 0.4) is 0 Å². The van der Waals surface area contributed by atoms with Crippen molar-refractivity contribution in [2.45, 2.75) is 36.4 Å². The lowest BCUT2D eigenvalue weighted by Gasteiger charge is -2.12. The first-order valence-electron chi connectivity index (χ1n) is 4.79. The Labute approximate surface area is 92.6 Å². The van der Waals surface area contributed by atoms with Gasteiger partial charge in [0.2, 0.25) is 0 Å². The number of halogens is 1. The van der Waals surface area contributed by atoms with Gasteiger partial charge in [0.1, 0.15) is 5.76 Å². The molecule has 2 nitrogen and oxygen atoms in total. The molecule has 0 aromatic carbocycles. The molecule has 0 aliphatic heterocycles. The quantitative estimate of drug-likeness (QED) is 0.870. The number of hydrogen-bond acceptors (Lipinski definition) is 3. The van der Waals surface area contributed by atoms with Crippen LogP contribution in [0.2, 0.25) is 5.22 Å². The SMILES string of the molecule is O[C@@H]1CCC[C@H]1SCc1ccc(Cl)o1. The predicted molar refractivity (Wildman–Crippen MR) is 58.7 cm³/mol. The van der Waals surface area contributed by atoms with E-state index in [1.165, 1.54) is 0 Å². The van der Waals surface area contributed by atoms with E-state index in [4.69, 9.17) is 16.0 Å². The Kier molecular flexibility index (Phi) is 3.42. The van der Waals surface area contributed by atoms with E-state index in [2.05, 4.69) is 0 Å². The van der Waals surface area contributed by atoms with Crippen LogP contribution in [0.1, 0.15) is 25.0 Å². The Bertz CT molecular complexity index is 300. The lowest BCUT2D eigenvalue weighted by atomic mass is 10.3. The highest BCUT2D eigenvalue weighted by Gasteiger charge is 2.25. The predicted octanol–water partition coefficient (Wildman–Crippen LogP) is 3.08. The Morgan fingerprint density at radius 2 is 2.36 bits per heavy atom. The Morgan fingerprint density at radius 3 is 2.93 bits per heavy atom. The summed E-state index contributed by atoms with van der Waals surface area (Å²) in [5, 5.41) is 10.4. The third kappa shape index (κ3) is 2.47. The summed E-state index contributed by atoms with van der Waals surface area (Å²) in [5.74, 6) is 1.69. The maximum absolute atomic E-state index is 9.59. The van der Waals surface area contributed by atoms with E-state index in [1.54, 1.807) is 17.8 Å². The summed E-state index contributed by atoms with van der Waals surface area (Å²) in [6.45, 7) is 0. The van der Waals surface area contributed by atoms with Gasteiger partial charge in [0.25, 0.3) is 0 Å². The molecule has 0 radical (unpaired) electrons. The molecule has 0 unspecified atom stereocenters. The van der Waals surface area contributed by atoms with Crippen molar-refractivity contribution in [2.24, 2.45) is 0 Å². The maximum atomic E-state index is 9.59. The Hall–Kier alpha value is -0.120. The summed E-state index contributed by atoms with van der Waals surface area (Å²) in [7, 11) is 0. The van der Waals surface area contributed by atoms with Gasteiger partial charge in [-0.25, -0.2) is 0 Å². The van der Waals surface area contributed by atoms with E-state index < -0.39 is 0 Å². The first-order chi connectivity index (χ1) is 6.75. The minimum absolute atomic E-state index is 0.134. The number of rotatable bonds is 3. The fourth-order valence-electron chi connectivity index (χ4n) is 1.72. The van der Waals surface area contributed by atoms with Crippen LogP contribution >= 0.6 is 23.4 Å². The molecule has 0 spiro atoms.